The van der Waals surface area contributed by atoms with Gasteiger partial charge < -0.3 is 9.84 Å². The van der Waals surface area contributed by atoms with Gasteiger partial charge in [0.05, 0.1) is 17.0 Å². The van der Waals surface area contributed by atoms with Gasteiger partial charge in [-0.15, -0.1) is 11.3 Å². The van der Waals surface area contributed by atoms with E-state index in [1.807, 2.05) is 31.2 Å². The minimum Gasteiger partial charge on any atom is -0.359 e. The van der Waals surface area contributed by atoms with Crippen LogP contribution in [0.3, 0.4) is 0 Å². The Hall–Kier alpha value is -2.44. The van der Waals surface area contributed by atoms with Crippen molar-refractivity contribution in [3.8, 4) is 10.4 Å². The third-order valence-electron chi connectivity index (χ3n) is 4.63. The standard InChI is InChI=1S/C18H15ClN2OS.C3H7NO/c1-9-11(3)23-18-15(9)17(12-4-6-13(19)7-5-12)20-8-14-16(18)10(2)21-22-14;1-3(5)4-2/h4-7H,8H2,1-3H3;1-2H3,(H,4,5). The van der Waals surface area contributed by atoms with Crippen LogP contribution in [0.15, 0.2) is 33.8 Å². The molecule has 0 radical (unpaired) electrons. The lowest BCUT2D eigenvalue weighted by Gasteiger charge is -2.08. The number of aromatic nitrogens is 1. The van der Waals surface area contributed by atoms with Gasteiger partial charge in [0.1, 0.15) is 6.54 Å². The maximum atomic E-state index is 9.70. The van der Waals surface area contributed by atoms with Gasteiger partial charge in [-0.3, -0.25) is 9.79 Å². The van der Waals surface area contributed by atoms with Crippen LogP contribution < -0.4 is 5.32 Å². The highest BCUT2D eigenvalue weighted by atomic mass is 35.5. The first kappa shape index (κ1) is 20.3. The van der Waals surface area contributed by atoms with Gasteiger partial charge in [-0.2, -0.15) is 0 Å². The quantitative estimate of drug-likeness (QED) is 0.602. The molecule has 0 aliphatic carbocycles. The Morgan fingerprint density at radius 3 is 2.43 bits per heavy atom. The molecular weight excluding hydrogens is 394 g/mol. The number of hydrogen-bond acceptors (Lipinski definition) is 5. The minimum atomic E-state index is 0.00463. The summed E-state index contributed by atoms with van der Waals surface area (Å²) >= 11 is 7.82. The van der Waals surface area contributed by atoms with E-state index < -0.39 is 0 Å². The number of fused-ring (bicyclic) bond motifs is 3. The fraction of sp³-hybridized carbons (Fsp3) is 0.286. The van der Waals surface area contributed by atoms with Gasteiger partial charge >= 0.3 is 0 Å². The highest BCUT2D eigenvalue weighted by molar-refractivity contribution is 7.16. The number of aryl methyl sites for hydroxylation is 2. The number of hydrogen-bond donors (Lipinski definition) is 1. The zero-order valence-corrected chi connectivity index (χ0v) is 18.1. The molecule has 0 atom stereocenters. The van der Waals surface area contributed by atoms with Gasteiger partial charge in [-0.1, -0.05) is 28.9 Å². The molecule has 3 aromatic rings. The van der Waals surface area contributed by atoms with Crippen molar-refractivity contribution in [1.82, 2.24) is 10.5 Å². The molecule has 0 fully saturated rings. The van der Waals surface area contributed by atoms with E-state index in [4.69, 9.17) is 21.1 Å². The summed E-state index contributed by atoms with van der Waals surface area (Å²) in [5, 5.41) is 7.25. The van der Waals surface area contributed by atoms with Crippen LogP contribution in [0, 0.1) is 20.8 Å². The molecule has 1 N–H and O–H groups in total. The molecule has 28 heavy (non-hydrogen) atoms. The van der Waals surface area contributed by atoms with Crippen molar-refractivity contribution in [2.75, 3.05) is 7.05 Å². The largest absolute Gasteiger partial charge is 0.359 e. The number of halogens is 1. The molecule has 1 aromatic carbocycles. The average molecular weight is 416 g/mol. The topological polar surface area (TPSA) is 67.5 Å². The Balaban J connectivity index is 0.000000403. The molecule has 0 spiro atoms. The van der Waals surface area contributed by atoms with Crippen LogP contribution in [0.25, 0.3) is 10.4 Å². The fourth-order valence-corrected chi connectivity index (χ4v) is 4.38. The number of nitrogens with zero attached hydrogens (tertiary/aromatic N) is 2. The molecule has 0 saturated heterocycles. The number of rotatable bonds is 1. The first-order valence-electron chi connectivity index (χ1n) is 8.88. The Kier molecular flexibility index (Phi) is 6.01. The van der Waals surface area contributed by atoms with Gasteiger partial charge in [0.15, 0.2) is 5.76 Å². The number of benzene rings is 1. The van der Waals surface area contributed by atoms with Gasteiger partial charge in [0, 0.05) is 39.9 Å². The summed E-state index contributed by atoms with van der Waals surface area (Å²) in [5.74, 6) is 0.846. The lowest BCUT2D eigenvalue weighted by molar-refractivity contribution is -0.118. The SMILES string of the molecule is CNC(C)=O.Cc1noc2c1-c1sc(C)c(C)c1C(c1ccc(Cl)cc1)=NC2. The van der Waals surface area contributed by atoms with Gasteiger partial charge in [-0.25, -0.2) is 0 Å². The molecule has 0 unspecified atom stereocenters. The number of carbonyl (C=O) groups is 1. The number of nitrogens with one attached hydrogen (secondary N) is 1. The predicted octanol–water partition coefficient (Wildman–Crippen LogP) is 5.09. The zero-order chi connectivity index (χ0) is 20.4. The predicted molar refractivity (Wildman–Crippen MR) is 115 cm³/mol. The summed E-state index contributed by atoms with van der Waals surface area (Å²) < 4.78 is 5.50. The van der Waals surface area contributed by atoms with E-state index in [2.05, 4.69) is 24.3 Å². The summed E-state index contributed by atoms with van der Waals surface area (Å²) in [7, 11) is 1.60. The van der Waals surface area contributed by atoms with Crippen LogP contribution in [0.4, 0.5) is 0 Å². The molecule has 0 saturated carbocycles. The van der Waals surface area contributed by atoms with Crippen molar-refractivity contribution in [2.24, 2.45) is 4.99 Å². The van der Waals surface area contributed by atoms with Crippen LogP contribution in [0.5, 0.6) is 0 Å². The minimum absolute atomic E-state index is 0.00463. The van der Waals surface area contributed by atoms with E-state index in [0.29, 0.717) is 6.54 Å². The first-order valence-corrected chi connectivity index (χ1v) is 10.1. The van der Waals surface area contributed by atoms with Crippen molar-refractivity contribution >= 4 is 34.6 Å². The van der Waals surface area contributed by atoms with Crippen molar-refractivity contribution < 1.29 is 9.32 Å². The Labute approximate surface area is 173 Å². The van der Waals surface area contributed by atoms with E-state index in [0.717, 1.165) is 33.3 Å². The van der Waals surface area contributed by atoms with E-state index in [-0.39, 0.29) is 5.91 Å². The van der Waals surface area contributed by atoms with Crippen molar-refractivity contribution in [2.45, 2.75) is 34.2 Å². The monoisotopic (exact) mass is 415 g/mol. The summed E-state index contributed by atoms with van der Waals surface area (Å²) in [5.41, 5.74) is 6.58. The maximum Gasteiger partial charge on any atom is 0.216 e. The van der Waals surface area contributed by atoms with E-state index in [9.17, 15) is 4.79 Å². The molecule has 1 aliphatic heterocycles. The zero-order valence-electron chi connectivity index (χ0n) is 16.5. The molecule has 4 rings (SSSR count). The molecule has 1 aliphatic rings. The molecule has 2 aromatic heterocycles. The Morgan fingerprint density at radius 1 is 1.18 bits per heavy atom. The van der Waals surface area contributed by atoms with Crippen LogP contribution in [0.1, 0.15) is 39.9 Å². The van der Waals surface area contributed by atoms with Crippen LogP contribution in [-0.4, -0.2) is 23.8 Å². The maximum absolute atomic E-state index is 9.70. The number of aliphatic imine (C=N–C) groups is 1. The average Bonchev–Trinajstić information content (AvgIpc) is 3.11. The molecular formula is C21H22ClN3O2S. The molecule has 5 nitrogen and oxygen atoms in total. The third-order valence-corrected chi connectivity index (χ3v) is 6.11. The number of carbonyl (C=O) groups excluding carboxylic acids is 1. The molecule has 3 heterocycles. The second-order valence-electron chi connectivity index (χ2n) is 6.53. The molecule has 7 heteroatoms. The third kappa shape index (κ3) is 3.88. The second-order valence-corrected chi connectivity index (χ2v) is 8.19. The van der Waals surface area contributed by atoms with Gasteiger partial charge in [-0.05, 0) is 38.5 Å². The van der Waals surface area contributed by atoms with Gasteiger partial charge in [0.25, 0.3) is 0 Å². The number of amides is 1. The van der Waals surface area contributed by atoms with Crippen molar-refractivity contribution in [3.63, 3.8) is 0 Å². The Morgan fingerprint density at radius 2 is 1.82 bits per heavy atom. The molecule has 146 valence electrons. The van der Waals surface area contributed by atoms with Crippen LogP contribution >= 0.6 is 22.9 Å². The molecule has 0 bridgehead atoms. The van der Waals surface area contributed by atoms with Gasteiger partial charge in [0.2, 0.25) is 5.91 Å². The van der Waals surface area contributed by atoms with E-state index in [1.54, 1.807) is 18.4 Å². The van der Waals surface area contributed by atoms with Crippen LogP contribution in [-0.2, 0) is 11.3 Å². The molecule has 1 amide bonds. The Bertz CT molecular complexity index is 1050. The van der Waals surface area contributed by atoms with E-state index >= 15 is 0 Å². The summed E-state index contributed by atoms with van der Waals surface area (Å²) in [4.78, 5) is 17.0. The first-order chi connectivity index (χ1) is 13.3. The lowest BCUT2D eigenvalue weighted by atomic mass is 9.96. The van der Waals surface area contributed by atoms with Crippen LogP contribution in [0.2, 0.25) is 5.02 Å². The highest BCUT2D eigenvalue weighted by Gasteiger charge is 2.28. The van der Waals surface area contributed by atoms with Crippen molar-refractivity contribution in [3.05, 3.63) is 62.3 Å². The number of thiophene rings is 1. The summed E-state index contributed by atoms with van der Waals surface area (Å²) in [6, 6.07) is 7.86. The highest BCUT2D eigenvalue weighted by Crippen LogP contribution is 2.42. The smallest absolute Gasteiger partial charge is 0.216 e. The summed E-state index contributed by atoms with van der Waals surface area (Å²) in [6.45, 7) is 8.28. The lowest BCUT2D eigenvalue weighted by Crippen LogP contribution is -2.11. The fourth-order valence-electron chi connectivity index (χ4n) is 2.98. The van der Waals surface area contributed by atoms with E-state index in [1.165, 1.54) is 27.8 Å². The second kappa shape index (κ2) is 8.29. The normalized spacial score (nSPS) is 12.1. The summed E-state index contributed by atoms with van der Waals surface area (Å²) in [6.07, 6.45) is 0. The van der Waals surface area contributed by atoms with Crippen molar-refractivity contribution in [1.29, 1.82) is 0 Å².